The lowest BCUT2D eigenvalue weighted by atomic mass is 9.97. The molecule has 0 bridgehead atoms. The summed E-state index contributed by atoms with van der Waals surface area (Å²) in [5.74, 6) is 0.00173. The summed E-state index contributed by atoms with van der Waals surface area (Å²) in [6.45, 7) is 6.61. The summed E-state index contributed by atoms with van der Waals surface area (Å²) in [4.78, 5) is 28.6. The zero-order chi connectivity index (χ0) is 20.7. The van der Waals surface area contributed by atoms with Crippen LogP contribution < -0.4 is 5.43 Å². The van der Waals surface area contributed by atoms with Crippen LogP contribution in [0.1, 0.15) is 65.0 Å². The van der Waals surface area contributed by atoms with E-state index in [2.05, 4.69) is 22.9 Å². The van der Waals surface area contributed by atoms with Crippen LogP contribution in [0.15, 0.2) is 50.1 Å². The molecule has 4 nitrogen and oxygen atoms in total. The number of halogens is 1. The van der Waals surface area contributed by atoms with Crippen molar-refractivity contribution in [2.75, 3.05) is 6.54 Å². The van der Waals surface area contributed by atoms with Crippen molar-refractivity contribution in [1.29, 1.82) is 0 Å². The third-order valence-electron chi connectivity index (χ3n) is 5.59. The van der Waals surface area contributed by atoms with E-state index in [1.807, 2.05) is 50.2 Å². The number of aryl methyl sites for hydroxylation is 2. The maximum atomic E-state index is 13.5. The van der Waals surface area contributed by atoms with Gasteiger partial charge in [-0.3, -0.25) is 9.59 Å². The highest BCUT2D eigenvalue weighted by Gasteiger charge is 2.42. The Morgan fingerprint density at radius 3 is 2.48 bits per heavy atom. The number of carbonyl (C=O) groups is 1. The summed E-state index contributed by atoms with van der Waals surface area (Å²) >= 11 is 3.47. The van der Waals surface area contributed by atoms with Gasteiger partial charge in [0.1, 0.15) is 5.58 Å². The molecule has 0 aliphatic carbocycles. The van der Waals surface area contributed by atoms with Crippen molar-refractivity contribution in [2.24, 2.45) is 0 Å². The standard InChI is InChI=1S/C24H24BrNO3/c1-4-5-6-11-26-20(16-7-9-17(25)10-8-16)19-21(27)18-13-14(2)12-15(3)22(18)29-23(19)24(26)28/h7-10,12-13,20H,4-6,11H2,1-3H3. The number of nitrogens with zero attached hydrogens (tertiary/aromatic N) is 1. The van der Waals surface area contributed by atoms with Gasteiger partial charge < -0.3 is 9.32 Å². The van der Waals surface area contributed by atoms with Gasteiger partial charge in [0.2, 0.25) is 5.76 Å². The molecule has 1 aliphatic rings. The van der Waals surface area contributed by atoms with Gasteiger partial charge in [0.15, 0.2) is 5.43 Å². The van der Waals surface area contributed by atoms with Crippen LogP contribution in [0.25, 0.3) is 11.0 Å². The van der Waals surface area contributed by atoms with E-state index in [1.165, 1.54) is 0 Å². The molecule has 1 atom stereocenters. The van der Waals surface area contributed by atoms with Gasteiger partial charge in [-0.1, -0.05) is 53.9 Å². The van der Waals surface area contributed by atoms with Crippen molar-refractivity contribution in [1.82, 2.24) is 4.90 Å². The number of rotatable bonds is 5. The topological polar surface area (TPSA) is 50.5 Å². The Balaban J connectivity index is 1.95. The average molecular weight is 454 g/mol. The molecule has 4 rings (SSSR count). The molecule has 0 spiro atoms. The van der Waals surface area contributed by atoms with Gasteiger partial charge in [0.25, 0.3) is 5.91 Å². The van der Waals surface area contributed by atoms with Crippen LogP contribution >= 0.6 is 15.9 Å². The fourth-order valence-electron chi connectivity index (χ4n) is 4.23. The highest BCUT2D eigenvalue weighted by molar-refractivity contribution is 9.10. The summed E-state index contributed by atoms with van der Waals surface area (Å²) in [7, 11) is 0. The number of benzene rings is 2. The van der Waals surface area contributed by atoms with E-state index in [0.29, 0.717) is 23.1 Å². The lowest BCUT2D eigenvalue weighted by Gasteiger charge is -2.25. The van der Waals surface area contributed by atoms with Crippen molar-refractivity contribution >= 4 is 32.8 Å². The molecule has 29 heavy (non-hydrogen) atoms. The lowest BCUT2D eigenvalue weighted by molar-refractivity contribution is 0.0724. The number of unbranched alkanes of at least 4 members (excludes halogenated alkanes) is 2. The van der Waals surface area contributed by atoms with Crippen LogP contribution in [0.2, 0.25) is 0 Å². The lowest BCUT2D eigenvalue weighted by Crippen LogP contribution is -2.30. The molecule has 1 unspecified atom stereocenters. The fourth-order valence-corrected chi connectivity index (χ4v) is 4.49. The predicted molar refractivity (Wildman–Crippen MR) is 119 cm³/mol. The average Bonchev–Trinajstić information content (AvgIpc) is 2.96. The van der Waals surface area contributed by atoms with E-state index in [9.17, 15) is 9.59 Å². The zero-order valence-corrected chi connectivity index (χ0v) is 18.5. The number of hydrogen-bond acceptors (Lipinski definition) is 3. The normalized spacial score (nSPS) is 15.9. The summed E-state index contributed by atoms with van der Waals surface area (Å²) < 4.78 is 7.05. The maximum absolute atomic E-state index is 13.5. The van der Waals surface area contributed by atoms with Crippen LogP contribution in [-0.4, -0.2) is 17.4 Å². The molecular formula is C24H24BrNO3. The van der Waals surface area contributed by atoms with E-state index in [4.69, 9.17) is 4.42 Å². The van der Waals surface area contributed by atoms with Gasteiger partial charge in [-0.25, -0.2) is 0 Å². The van der Waals surface area contributed by atoms with Crippen LogP contribution in [0.4, 0.5) is 0 Å². The third kappa shape index (κ3) is 3.42. The van der Waals surface area contributed by atoms with Crippen molar-refractivity contribution in [3.63, 3.8) is 0 Å². The summed E-state index contributed by atoms with van der Waals surface area (Å²) in [6, 6.07) is 11.2. The van der Waals surface area contributed by atoms with Crippen molar-refractivity contribution in [2.45, 2.75) is 46.1 Å². The highest BCUT2D eigenvalue weighted by Crippen LogP contribution is 2.39. The highest BCUT2D eigenvalue weighted by atomic mass is 79.9. The third-order valence-corrected chi connectivity index (χ3v) is 6.11. The van der Waals surface area contributed by atoms with Gasteiger partial charge in [-0.2, -0.15) is 0 Å². The van der Waals surface area contributed by atoms with Gasteiger partial charge in [-0.05, 0) is 55.2 Å². The van der Waals surface area contributed by atoms with Gasteiger partial charge in [0, 0.05) is 11.0 Å². The second-order valence-electron chi connectivity index (χ2n) is 7.79. The molecule has 0 fully saturated rings. The number of hydrogen-bond donors (Lipinski definition) is 0. The molecule has 0 radical (unpaired) electrons. The van der Waals surface area contributed by atoms with Crippen LogP contribution in [0.5, 0.6) is 0 Å². The molecular weight excluding hydrogens is 430 g/mol. The summed E-state index contributed by atoms with van der Waals surface area (Å²) in [5.41, 5.74) is 3.67. The van der Waals surface area contributed by atoms with E-state index in [1.54, 1.807) is 4.90 Å². The molecule has 0 N–H and O–H groups in total. The van der Waals surface area contributed by atoms with Crippen LogP contribution in [0.3, 0.4) is 0 Å². The molecule has 2 heterocycles. The molecule has 0 saturated heterocycles. The van der Waals surface area contributed by atoms with Crippen molar-refractivity contribution in [3.05, 3.63) is 79.1 Å². The Bertz CT molecular complexity index is 1150. The van der Waals surface area contributed by atoms with Gasteiger partial charge in [-0.15, -0.1) is 0 Å². The summed E-state index contributed by atoms with van der Waals surface area (Å²) in [5, 5.41) is 0.548. The summed E-state index contributed by atoms with van der Waals surface area (Å²) in [6.07, 6.45) is 3.00. The first-order valence-corrected chi connectivity index (χ1v) is 10.9. The molecule has 1 amide bonds. The Hall–Kier alpha value is -2.40. The molecule has 5 heteroatoms. The molecule has 1 aliphatic heterocycles. The Morgan fingerprint density at radius 2 is 1.79 bits per heavy atom. The minimum atomic E-state index is -0.413. The first kappa shape index (κ1) is 19.9. The van der Waals surface area contributed by atoms with Crippen LogP contribution in [-0.2, 0) is 0 Å². The first-order valence-electron chi connectivity index (χ1n) is 10.1. The maximum Gasteiger partial charge on any atom is 0.290 e. The molecule has 3 aromatic rings. The Morgan fingerprint density at radius 1 is 1.07 bits per heavy atom. The SMILES string of the molecule is CCCCCN1C(=O)c2oc3c(C)cc(C)cc3c(=O)c2C1c1ccc(Br)cc1. The molecule has 1 aromatic heterocycles. The van der Waals surface area contributed by atoms with Crippen molar-refractivity contribution < 1.29 is 9.21 Å². The van der Waals surface area contributed by atoms with E-state index >= 15 is 0 Å². The minimum absolute atomic E-state index is 0.104. The Labute approximate surface area is 178 Å². The first-order chi connectivity index (χ1) is 13.9. The molecule has 0 saturated carbocycles. The number of amides is 1. The quantitative estimate of drug-likeness (QED) is 0.451. The molecule has 2 aromatic carbocycles. The van der Waals surface area contributed by atoms with Gasteiger partial charge >= 0.3 is 0 Å². The number of fused-ring (bicyclic) bond motifs is 2. The molecule has 150 valence electrons. The zero-order valence-electron chi connectivity index (χ0n) is 16.9. The minimum Gasteiger partial charge on any atom is -0.450 e. The van der Waals surface area contributed by atoms with E-state index in [0.717, 1.165) is 40.4 Å². The van der Waals surface area contributed by atoms with Crippen molar-refractivity contribution in [3.8, 4) is 0 Å². The number of carbonyl (C=O) groups excluding carboxylic acids is 1. The second-order valence-corrected chi connectivity index (χ2v) is 8.71. The smallest absolute Gasteiger partial charge is 0.290 e. The van der Waals surface area contributed by atoms with Gasteiger partial charge in [0.05, 0.1) is 17.0 Å². The fraction of sp³-hybridized carbons (Fsp3) is 0.333. The van der Waals surface area contributed by atoms with E-state index < -0.39 is 6.04 Å². The second kappa shape index (κ2) is 7.79. The predicted octanol–water partition coefficient (Wildman–Crippen LogP) is 5.91. The Kier molecular flexibility index (Phi) is 5.34. The van der Waals surface area contributed by atoms with E-state index in [-0.39, 0.29) is 17.1 Å². The largest absolute Gasteiger partial charge is 0.450 e. The monoisotopic (exact) mass is 453 g/mol. The van der Waals surface area contributed by atoms with Crippen LogP contribution in [0, 0.1) is 13.8 Å².